The van der Waals surface area contributed by atoms with Gasteiger partial charge >= 0.3 is 0 Å². The summed E-state index contributed by atoms with van der Waals surface area (Å²) in [6, 6.07) is 8.40. The van der Waals surface area contributed by atoms with Gasteiger partial charge in [0.2, 0.25) is 0 Å². The van der Waals surface area contributed by atoms with Crippen LogP contribution in [0.2, 0.25) is 0 Å². The summed E-state index contributed by atoms with van der Waals surface area (Å²) in [6.07, 6.45) is 1.88. The Kier molecular flexibility index (Phi) is 2.22. The Balaban J connectivity index is 2.63. The number of pyridine rings is 1. The smallest absolute Gasteiger partial charge is 0.0574 e. The molecule has 0 aliphatic heterocycles. The molecule has 2 nitrogen and oxygen atoms in total. The molecule has 1 atom stereocenters. The Bertz CT molecular complexity index is 461. The van der Waals surface area contributed by atoms with Crippen molar-refractivity contribution in [3.63, 3.8) is 0 Å². The summed E-state index contributed by atoms with van der Waals surface area (Å²) in [5, 5.41) is 2.38. The SMILES string of the molecule is Cc1ccc2cnc(C(C)N)cc2c1. The average molecular weight is 186 g/mol. The van der Waals surface area contributed by atoms with Crippen LogP contribution in [0.25, 0.3) is 10.8 Å². The standard InChI is InChI=1S/C12H14N2/c1-8-3-4-10-7-14-12(9(2)13)6-11(10)5-8/h3-7,9H,13H2,1-2H3. The van der Waals surface area contributed by atoms with Crippen molar-refractivity contribution in [3.05, 3.63) is 41.7 Å². The Labute approximate surface area is 83.8 Å². The van der Waals surface area contributed by atoms with Crippen LogP contribution in [0.1, 0.15) is 24.2 Å². The summed E-state index contributed by atoms with van der Waals surface area (Å²) in [6.45, 7) is 4.04. The third-order valence-corrected chi connectivity index (χ3v) is 2.36. The van der Waals surface area contributed by atoms with E-state index in [2.05, 4.69) is 36.2 Å². The summed E-state index contributed by atoms with van der Waals surface area (Å²) in [4.78, 5) is 4.31. The Morgan fingerprint density at radius 2 is 2.00 bits per heavy atom. The van der Waals surface area contributed by atoms with Crippen molar-refractivity contribution >= 4 is 10.8 Å². The van der Waals surface area contributed by atoms with Crippen molar-refractivity contribution in [2.24, 2.45) is 5.73 Å². The molecule has 0 fully saturated rings. The molecule has 2 rings (SSSR count). The molecule has 0 saturated heterocycles. The van der Waals surface area contributed by atoms with Gasteiger partial charge in [0, 0.05) is 17.6 Å². The lowest BCUT2D eigenvalue weighted by atomic mass is 10.1. The van der Waals surface area contributed by atoms with Crippen LogP contribution in [0, 0.1) is 6.92 Å². The highest BCUT2D eigenvalue weighted by Crippen LogP contribution is 2.17. The minimum absolute atomic E-state index is 0.0000813. The number of benzene rings is 1. The molecule has 0 radical (unpaired) electrons. The molecular weight excluding hydrogens is 172 g/mol. The van der Waals surface area contributed by atoms with Crippen LogP contribution in [0.4, 0.5) is 0 Å². The number of aryl methyl sites for hydroxylation is 1. The van der Waals surface area contributed by atoms with Crippen LogP contribution in [-0.4, -0.2) is 4.98 Å². The summed E-state index contributed by atoms with van der Waals surface area (Å²) in [7, 11) is 0. The van der Waals surface area contributed by atoms with Crippen molar-refractivity contribution in [2.45, 2.75) is 19.9 Å². The zero-order valence-electron chi connectivity index (χ0n) is 8.49. The molecule has 0 bridgehead atoms. The van der Waals surface area contributed by atoms with Gasteiger partial charge in [-0.15, -0.1) is 0 Å². The molecule has 0 spiro atoms. The lowest BCUT2D eigenvalue weighted by Gasteiger charge is -2.06. The van der Waals surface area contributed by atoms with E-state index in [0.717, 1.165) is 5.69 Å². The Morgan fingerprint density at radius 3 is 2.71 bits per heavy atom. The lowest BCUT2D eigenvalue weighted by molar-refractivity contribution is 0.784. The van der Waals surface area contributed by atoms with Gasteiger partial charge in [0.1, 0.15) is 0 Å². The van der Waals surface area contributed by atoms with Crippen molar-refractivity contribution in [3.8, 4) is 0 Å². The van der Waals surface area contributed by atoms with Gasteiger partial charge in [-0.1, -0.05) is 23.8 Å². The molecule has 72 valence electrons. The predicted octanol–water partition coefficient (Wildman–Crippen LogP) is 2.56. The van der Waals surface area contributed by atoms with Crippen LogP contribution in [-0.2, 0) is 0 Å². The molecule has 0 saturated carbocycles. The zero-order chi connectivity index (χ0) is 10.1. The molecule has 2 heteroatoms. The van der Waals surface area contributed by atoms with E-state index in [-0.39, 0.29) is 6.04 Å². The highest BCUT2D eigenvalue weighted by molar-refractivity contribution is 5.82. The molecule has 1 heterocycles. The molecule has 2 aromatic rings. The molecule has 2 N–H and O–H groups in total. The molecule has 0 aliphatic rings. The summed E-state index contributed by atoms with van der Waals surface area (Å²) in [5.41, 5.74) is 7.99. The Morgan fingerprint density at radius 1 is 1.21 bits per heavy atom. The molecule has 1 aromatic heterocycles. The Hall–Kier alpha value is -1.41. The van der Waals surface area contributed by atoms with Crippen molar-refractivity contribution in [2.75, 3.05) is 0 Å². The number of aromatic nitrogens is 1. The van der Waals surface area contributed by atoms with Gasteiger partial charge in [0.15, 0.2) is 0 Å². The fourth-order valence-electron chi connectivity index (χ4n) is 1.53. The monoisotopic (exact) mass is 186 g/mol. The van der Waals surface area contributed by atoms with E-state index in [0.29, 0.717) is 0 Å². The fourth-order valence-corrected chi connectivity index (χ4v) is 1.53. The highest BCUT2D eigenvalue weighted by atomic mass is 14.8. The second-order valence-electron chi connectivity index (χ2n) is 3.75. The predicted molar refractivity (Wildman–Crippen MR) is 59.1 cm³/mol. The van der Waals surface area contributed by atoms with Crippen LogP contribution >= 0.6 is 0 Å². The van der Waals surface area contributed by atoms with Crippen molar-refractivity contribution < 1.29 is 0 Å². The minimum Gasteiger partial charge on any atom is -0.323 e. The maximum absolute atomic E-state index is 5.78. The maximum atomic E-state index is 5.78. The molecule has 1 unspecified atom stereocenters. The van der Waals surface area contributed by atoms with E-state index in [4.69, 9.17) is 5.73 Å². The van der Waals surface area contributed by atoms with Crippen LogP contribution < -0.4 is 5.73 Å². The van der Waals surface area contributed by atoms with Gasteiger partial charge < -0.3 is 5.73 Å². The van der Waals surface area contributed by atoms with Crippen LogP contribution in [0.3, 0.4) is 0 Å². The summed E-state index contributed by atoms with van der Waals surface area (Å²) < 4.78 is 0. The highest BCUT2D eigenvalue weighted by Gasteiger charge is 2.02. The first-order valence-electron chi connectivity index (χ1n) is 4.79. The first-order chi connectivity index (χ1) is 6.66. The topological polar surface area (TPSA) is 38.9 Å². The average Bonchev–Trinajstić information content (AvgIpc) is 2.16. The van der Waals surface area contributed by atoms with Gasteiger partial charge in [-0.3, -0.25) is 4.98 Å². The lowest BCUT2D eigenvalue weighted by Crippen LogP contribution is -2.06. The molecule has 0 amide bonds. The van der Waals surface area contributed by atoms with E-state index in [1.165, 1.54) is 16.3 Å². The summed E-state index contributed by atoms with van der Waals surface area (Å²) >= 11 is 0. The first kappa shape index (κ1) is 9.16. The van der Waals surface area contributed by atoms with Gasteiger partial charge in [-0.2, -0.15) is 0 Å². The number of fused-ring (bicyclic) bond motifs is 1. The zero-order valence-corrected chi connectivity index (χ0v) is 8.49. The number of hydrogen-bond donors (Lipinski definition) is 1. The molecular formula is C12H14N2. The summed E-state index contributed by atoms with van der Waals surface area (Å²) in [5.74, 6) is 0. The van der Waals surface area contributed by atoms with Gasteiger partial charge in [0.05, 0.1) is 5.69 Å². The van der Waals surface area contributed by atoms with Gasteiger partial charge in [-0.25, -0.2) is 0 Å². The number of hydrogen-bond acceptors (Lipinski definition) is 2. The largest absolute Gasteiger partial charge is 0.323 e. The third kappa shape index (κ3) is 1.61. The third-order valence-electron chi connectivity index (χ3n) is 2.36. The second kappa shape index (κ2) is 3.39. The van der Waals surface area contributed by atoms with Crippen molar-refractivity contribution in [1.29, 1.82) is 0 Å². The first-order valence-corrected chi connectivity index (χ1v) is 4.79. The van der Waals surface area contributed by atoms with Gasteiger partial charge in [-0.05, 0) is 25.3 Å². The van der Waals surface area contributed by atoms with Crippen LogP contribution in [0.15, 0.2) is 30.5 Å². The fraction of sp³-hybridized carbons (Fsp3) is 0.250. The van der Waals surface area contributed by atoms with Crippen molar-refractivity contribution in [1.82, 2.24) is 4.98 Å². The maximum Gasteiger partial charge on any atom is 0.0574 e. The number of nitrogens with two attached hydrogens (primary N) is 1. The van der Waals surface area contributed by atoms with E-state index in [1.54, 1.807) is 0 Å². The molecule has 1 aromatic carbocycles. The second-order valence-corrected chi connectivity index (χ2v) is 3.75. The minimum atomic E-state index is -0.0000813. The van der Waals surface area contributed by atoms with Gasteiger partial charge in [0.25, 0.3) is 0 Å². The number of rotatable bonds is 1. The van der Waals surface area contributed by atoms with E-state index in [9.17, 15) is 0 Å². The molecule has 0 aliphatic carbocycles. The van der Waals surface area contributed by atoms with E-state index >= 15 is 0 Å². The number of nitrogens with zero attached hydrogens (tertiary/aromatic N) is 1. The van der Waals surface area contributed by atoms with E-state index in [1.807, 2.05) is 13.1 Å². The van der Waals surface area contributed by atoms with E-state index < -0.39 is 0 Å². The van der Waals surface area contributed by atoms with Crippen LogP contribution in [0.5, 0.6) is 0 Å². The quantitative estimate of drug-likeness (QED) is 0.743. The normalized spacial score (nSPS) is 13.1. The molecule has 14 heavy (non-hydrogen) atoms.